The van der Waals surface area contributed by atoms with Crippen LogP contribution in [0.3, 0.4) is 0 Å². The first-order valence-corrected chi connectivity index (χ1v) is 10.2. The lowest BCUT2D eigenvalue weighted by Crippen LogP contribution is -2.43. The van der Waals surface area contributed by atoms with E-state index in [0.29, 0.717) is 6.04 Å². The number of nitrogens with zero attached hydrogens (tertiary/aromatic N) is 1. The fourth-order valence-corrected chi connectivity index (χ4v) is 4.44. The molecule has 0 unspecified atom stereocenters. The smallest absolute Gasteiger partial charge is 0.174 e. The van der Waals surface area contributed by atoms with Gasteiger partial charge in [-0.3, -0.25) is 0 Å². The summed E-state index contributed by atoms with van der Waals surface area (Å²) in [5.41, 5.74) is 2.15. The molecule has 1 heterocycles. The van der Waals surface area contributed by atoms with Crippen LogP contribution in [0, 0.1) is 6.92 Å². The van der Waals surface area contributed by atoms with E-state index in [1.807, 2.05) is 18.2 Å². The number of rotatable bonds is 4. The van der Waals surface area contributed by atoms with E-state index in [4.69, 9.17) is 23.8 Å². The molecule has 1 aromatic heterocycles. The SMILES string of the molecule is Cc1ccc(Cl)cc1NC(=S)N(Cc1cccs1)C1CCCCC1. The Labute approximate surface area is 158 Å². The van der Waals surface area contributed by atoms with Crippen molar-refractivity contribution >= 4 is 46.0 Å². The monoisotopic (exact) mass is 378 g/mol. The number of halogens is 1. The third-order valence-electron chi connectivity index (χ3n) is 4.62. The molecule has 0 atom stereocenters. The molecule has 1 N–H and O–H groups in total. The topological polar surface area (TPSA) is 15.3 Å². The second-order valence-electron chi connectivity index (χ2n) is 6.39. The highest BCUT2D eigenvalue weighted by atomic mass is 35.5. The molecule has 0 saturated heterocycles. The van der Waals surface area contributed by atoms with Gasteiger partial charge in [0.2, 0.25) is 0 Å². The van der Waals surface area contributed by atoms with Crippen molar-refractivity contribution in [2.24, 2.45) is 0 Å². The van der Waals surface area contributed by atoms with Crippen molar-refractivity contribution in [1.29, 1.82) is 0 Å². The first-order chi connectivity index (χ1) is 11.6. The van der Waals surface area contributed by atoms with Crippen molar-refractivity contribution in [3.63, 3.8) is 0 Å². The molecular formula is C19H23ClN2S2. The molecule has 1 fully saturated rings. The number of thiophene rings is 1. The minimum absolute atomic E-state index is 0.528. The van der Waals surface area contributed by atoms with Crippen molar-refractivity contribution in [3.8, 4) is 0 Å². The van der Waals surface area contributed by atoms with E-state index in [-0.39, 0.29) is 0 Å². The number of benzene rings is 1. The van der Waals surface area contributed by atoms with Gasteiger partial charge >= 0.3 is 0 Å². The average Bonchev–Trinajstić information content (AvgIpc) is 3.10. The van der Waals surface area contributed by atoms with E-state index in [1.54, 1.807) is 11.3 Å². The van der Waals surface area contributed by atoms with E-state index in [0.717, 1.165) is 27.9 Å². The Morgan fingerprint density at radius 3 is 2.79 bits per heavy atom. The van der Waals surface area contributed by atoms with Gasteiger partial charge in [0.05, 0.1) is 6.54 Å². The summed E-state index contributed by atoms with van der Waals surface area (Å²) >= 11 is 13.7. The zero-order valence-corrected chi connectivity index (χ0v) is 16.3. The highest BCUT2D eigenvalue weighted by molar-refractivity contribution is 7.80. The normalized spacial score (nSPS) is 15.2. The standard InChI is InChI=1S/C19H23ClN2S2/c1-14-9-10-15(20)12-18(14)21-19(23)22(13-17-8-5-11-24-17)16-6-3-2-4-7-16/h5,8-12,16H,2-4,6-7,13H2,1H3,(H,21,23). The minimum Gasteiger partial charge on any atom is -0.341 e. The molecule has 1 aliphatic rings. The highest BCUT2D eigenvalue weighted by Gasteiger charge is 2.24. The van der Waals surface area contributed by atoms with Crippen molar-refractivity contribution in [3.05, 3.63) is 51.2 Å². The summed E-state index contributed by atoms with van der Waals surface area (Å²) in [4.78, 5) is 3.73. The Morgan fingerprint density at radius 1 is 1.29 bits per heavy atom. The predicted octanol–water partition coefficient (Wildman–Crippen LogP) is 6.24. The van der Waals surface area contributed by atoms with Crippen LogP contribution in [0.1, 0.15) is 42.5 Å². The van der Waals surface area contributed by atoms with Gasteiger partial charge in [0.25, 0.3) is 0 Å². The van der Waals surface area contributed by atoms with E-state index in [2.05, 4.69) is 34.7 Å². The molecule has 1 aliphatic carbocycles. The van der Waals surface area contributed by atoms with Crippen LogP contribution in [0.4, 0.5) is 5.69 Å². The first kappa shape index (κ1) is 17.7. The van der Waals surface area contributed by atoms with E-state index < -0.39 is 0 Å². The summed E-state index contributed by atoms with van der Waals surface area (Å²) in [6.45, 7) is 2.96. The zero-order chi connectivity index (χ0) is 16.9. The maximum absolute atomic E-state index is 6.15. The number of hydrogen-bond acceptors (Lipinski definition) is 2. The van der Waals surface area contributed by atoms with Gasteiger partial charge in [0, 0.05) is 21.6 Å². The molecule has 5 heteroatoms. The lowest BCUT2D eigenvalue weighted by Gasteiger charge is -2.36. The Morgan fingerprint density at radius 2 is 2.08 bits per heavy atom. The molecule has 0 amide bonds. The number of thiocarbonyl (C=S) groups is 1. The van der Waals surface area contributed by atoms with Crippen LogP contribution in [-0.4, -0.2) is 16.1 Å². The summed E-state index contributed by atoms with van der Waals surface area (Å²) in [6, 6.07) is 10.7. The summed E-state index contributed by atoms with van der Waals surface area (Å²) in [6.07, 6.45) is 6.38. The van der Waals surface area contributed by atoms with Crippen LogP contribution in [0.2, 0.25) is 5.02 Å². The predicted molar refractivity (Wildman–Crippen MR) is 109 cm³/mol. The maximum Gasteiger partial charge on any atom is 0.174 e. The number of nitrogens with one attached hydrogen (secondary N) is 1. The molecule has 0 radical (unpaired) electrons. The second-order valence-corrected chi connectivity index (χ2v) is 8.24. The van der Waals surface area contributed by atoms with E-state index >= 15 is 0 Å². The molecule has 0 bridgehead atoms. The van der Waals surface area contributed by atoms with Crippen LogP contribution in [0.15, 0.2) is 35.7 Å². The Kier molecular flexibility index (Phi) is 6.14. The molecular weight excluding hydrogens is 356 g/mol. The van der Waals surface area contributed by atoms with Crippen LogP contribution >= 0.6 is 35.2 Å². The van der Waals surface area contributed by atoms with Crippen LogP contribution < -0.4 is 5.32 Å². The van der Waals surface area contributed by atoms with Gasteiger partial charge in [0.1, 0.15) is 0 Å². The highest BCUT2D eigenvalue weighted by Crippen LogP contribution is 2.27. The summed E-state index contributed by atoms with van der Waals surface area (Å²) in [7, 11) is 0. The van der Waals surface area contributed by atoms with Gasteiger partial charge in [-0.15, -0.1) is 11.3 Å². The van der Waals surface area contributed by atoms with Gasteiger partial charge in [-0.05, 0) is 61.1 Å². The van der Waals surface area contributed by atoms with Crippen molar-refractivity contribution in [1.82, 2.24) is 4.90 Å². The number of hydrogen-bond donors (Lipinski definition) is 1. The van der Waals surface area contributed by atoms with Gasteiger partial charge in [-0.1, -0.05) is 43.0 Å². The van der Waals surface area contributed by atoms with Crippen molar-refractivity contribution in [2.45, 2.75) is 51.6 Å². The summed E-state index contributed by atoms with van der Waals surface area (Å²) in [5, 5.41) is 7.11. The van der Waals surface area contributed by atoms with Crippen molar-refractivity contribution in [2.75, 3.05) is 5.32 Å². The Bertz CT molecular complexity index is 679. The Hall–Kier alpha value is -1.10. The third-order valence-corrected chi connectivity index (χ3v) is 6.06. The fraction of sp³-hybridized carbons (Fsp3) is 0.421. The third kappa shape index (κ3) is 4.50. The average molecular weight is 379 g/mol. The van der Waals surface area contributed by atoms with Crippen LogP contribution in [-0.2, 0) is 6.54 Å². The summed E-state index contributed by atoms with van der Waals surface area (Å²) < 4.78 is 0. The molecule has 2 aromatic rings. The fourth-order valence-electron chi connectivity index (χ4n) is 3.25. The molecule has 0 spiro atoms. The molecule has 3 rings (SSSR count). The molecule has 1 saturated carbocycles. The molecule has 2 nitrogen and oxygen atoms in total. The molecule has 24 heavy (non-hydrogen) atoms. The summed E-state index contributed by atoms with van der Waals surface area (Å²) in [5.74, 6) is 0. The van der Waals surface area contributed by atoms with Gasteiger partial charge in [-0.2, -0.15) is 0 Å². The van der Waals surface area contributed by atoms with Gasteiger partial charge in [0.15, 0.2) is 5.11 Å². The van der Waals surface area contributed by atoms with Crippen LogP contribution in [0.25, 0.3) is 0 Å². The maximum atomic E-state index is 6.15. The molecule has 128 valence electrons. The lowest BCUT2D eigenvalue weighted by molar-refractivity contribution is 0.242. The quantitative estimate of drug-likeness (QED) is 0.633. The molecule has 0 aliphatic heterocycles. The molecule has 1 aromatic carbocycles. The Balaban J connectivity index is 1.78. The first-order valence-electron chi connectivity index (χ1n) is 8.49. The largest absolute Gasteiger partial charge is 0.341 e. The lowest BCUT2D eigenvalue weighted by atomic mass is 9.94. The minimum atomic E-state index is 0.528. The van der Waals surface area contributed by atoms with E-state index in [9.17, 15) is 0 Å². The van der Waals surface area contributed by atoms with E-state index in [1.165, 1.54) is 37.0 Å². The number of aryl methyl sites for hydroxylation is 1. The van der Waals surface area contributed by atoms with Gasteiger partial charge in [-0.25, -0.2) is 0 Å². The van der Waals surface area contributed by atoms with Crippen molar-refractivity contribution < 1.29 is 0 Å². The van der Waals surface area contributed by atoms with Crippen LogP contribution in [0.5, 0.6) is 0 Å². The van der Waals surface area contributed by atoms with Gasteiger partial charge < -0.3 is 10.2 Å². The zero-order valence-electron chi connectivity index (χ0n) is 13.9. The second kappa shape index (κ2) is 8.32. The number of anilines is 1.